The molecule has 5 nitrogen and oxygen atoms in total. The van der Waals surface area contributed by atoms with Crippen molar-refractivity contribution >= 4 is 15.8 Å². The smallest absolute Gasteiger partial charge is 0.335 e. The van der Waals surface area contributed by atoms with E-state index >= 15 is 0 Å². The number of carboxylic acids is 1. The molecule has 0 unspecified atom stereocenters. The van der Waals surface area contributed by atoms with Gasteiger partial charge in [-0.1, -0.05) is 18.2 Å². The van der Waals surface area contributed by atoms with Crippen molar-refractivity contribution < 1.29 is 23.1 Å². The molecule has 0 heterocycles. The second kappa shape index (κ2) is 5.97. The summed E-state index contributed by atoms with van der Waals surface area (Å²) in [6.07, 6.45) is 0. The monoisotopic (exact) mass is 306 g/mol. The molecule has 0 aliphatic carbocycles. The first kappa shape index (κ1) is 15.1. The fourth-order valence-electron chi connectivity index (χ4n) is 1.92. The standard InChI is InChI=1S/C15H14O5S/c1-20-14-5-3-2-4-12(14)10-21(18,19)13-8-6-11(7-9-13)15(16)17/h2-9H,10H2,1H3,(H,16,17). The van der Waals surface area contributed by atoms with E-state index in [-0.39, 0.29) is 16.2 Å². The number of carbonyl (C=O) groups is 1. The Labute approximate surface area is 122 Å². The van der Waals surface area contributed by atoms with Gasteiger partial charge in [0.25, 0.3) is 0 Å². The first-order valence-corrected chi connectivity index (χ1v) is 7.77. The topological polar surface area (TPSA) is 80.7 Å². The number of benzene rings is 2. The normalized spacial score (nSPS) is 11.1. The third-order valence-electron chi connectivity index (χ3n) is 3.00. The van der Waals surface area contributed by atoms with Crippen molar-refractivity contribution in [2.45, 2.75) is 10.6 Å². The maximum absolute atomic E-state index is 12.3. The lowest BCUT2D eigenvalue weighted by Crippen LogP contribution is -2.07. The number of hydrogen-bond donors (Lipinski definition) is 1. The predicted octanol–water partition coefficient (Wildman–Crippen LogP) is 2.37. The van der Waals surface area contributed by atoms with Crippen molar-refractivity contribution in [2.75, 3.05) is 7.11 Å². The summed E-state index contributed by atoms with van der Waals surface area (Å²) in [6.45, 7) is 0. The van der Waals surface area contributed by atoms with Crippen molar-refractivity contribution in [1.29, 1.82) is 0 Å². The third-order valence-corrected chi connectivity index (χ3v) is 4.68. The Balaban J connectivity index is 2.32. The average Bonchev–Trinajstić information content (AvgIpc) is 2.47. The van der Waals surface area contributed by atoms with E-state index in [1.54, 1.807) is 24.3 Å². The van der Waals surface area contributed by atoms with E-state index in [9.17, 15) is 13.2 Å². The van der Waals surface area contributed by atoms with Gasteiger partial charge in [0.1, 0.15) is 5.75 Å². The first-order valence-electron chi connectivity index (χ1n) is 6.12. The summed E-state index contributed by atoms with van der Waals surface area (Å²) in [5, 5.41) is 8.82. The lowest BCUT2D eigenvalue weighted by Gasteiger charge is -2.09. The number of rotatable bonds is 5. The van der Waals surface area contributed by atoms with Crippen molar-refractivity contribution in [3.8, 4) is 5.75 Å². The minimum atomic E-state index is -3.56. The molecule has 6 heteroatoms. The molecule has 0 amide bonds. The van der Waals surface area contributed by atoms with Crippen LogP contribution in [0.1, 0.15) is 15.9 Å². The Bertz CT molecular complexity index is 748. The van der Waals surface area contributed by atoms with E-state index in [1.165, 1.54) is 31.4 Å². The third kappa shape index (κ3) is 3.41. The van der Waals surface area contributed by atoms with Crippen LogP contribution in [0.2, 0.25) is 0 Å². The van der Waals surface area contributed by atoms with Crippen molar-refractivity contribution in [3.05, 3.63) is 59.7 Å². The molecule has 110 valence electrons. The maximum Gasteiger partial charge on any atom is 0.335 e. The van der Waals surface area contributed by atoms with Crippen LogP contribution in [0, 0.1) is 0 Å². The lowest BCUT2D eigenvalue weighted by molar-refractivity contribution is 0.0696. The molecule has 21 heavy (non-hydrogen) atoms. The number of sulfone groups is 1. The van der Waals surface area contributed by atoms with Crippen LogP contribution in [0.15, 0.2) is 53.4 Å². The summed E-state index contributed by atoms with van der Waals surface area (Å²) >= 11 is 0. The molecule has 2 rings (SSSR count). The molecule has 0 fully saturated rings. The second-order valence-corrected chi connectivity index (χ2v) is 6.39. The van der Waals surface area contributed by atoms with Gasteiger partial charge in [-0.2, -0.15) is 0 Å². The van der Waals surface area contributed by atoms with E-state index in [1.807, 2.05) is 0 Å². The lowest BCUT2D eigenvalue weighted by atomic mass is 10.2. The van der Waals surface area contributed by atoms with Gasteiger partial charge >= 0.3 is 5.97 Å². The maximum atomic E-state index is 12.3. The molecular weight excluding hydrogens is 292 g/mol. The minimum absolute atomic E-state index is 0.0474. The Kier molecular flexibility index (Phi) is 4.28. The number of hydrogen-bond acceptors (Lipinski definition) is 4. The average molecular weight is 306 g/mol. The molecule has 2 aromatic rings. The Hall–Kier alpha value is -2.34. The van der Waals surface area contributed by atoms with Gasteiger partial charge in [-0.15, -0.1) is 0 Å². The number of carboxylic acid groups (broad SMARTS) is 1. The predicted molar refractivity (Wildman–Crippen MR) is 77.3 cm³/mol. The van der Waals surface area contributed by atoms with Gasteiger partial charge in [-0.3, -0.25) is 0 Å². The summed E-state index contributed by atoms with van der Waals surface area (Å²) < 4.78 is 29.8. The van der Waals surface area contributed by atoms with Crippen molar-refractivity contribution in [1.82, 2.24) is 0 Å². The zero-order valence-corrected chi connectivity index (χ0v) is 12.1. The second-order valence-electron chi connectivity index (χ2n) is 4.40. The molecule has 0 aliphatic heterocycles. The molecular formula is C15H14O5S. The van der Waals surface area contributed by atoms with Gasteiger partial charge in [0.15, 0.2) is 9.84 Å². The zero-order valence-electron chi connectivity index (χ0n) is 11.3. The van der Waals surface area contributed by atoms with Gasteiger partial charge in [-0.05, 0) is 30.3 Å². The van der Waals surface area contributed by atoms with Gasteiger partial charge in [0, 0.05) is 5.56 Å². The summed E-state index contributed by atoms with van der Waals surface area (Å²) in [5.41, 5.74) is 0.605. The number of methoxy groups -OCH3 is 1. The number of para-hydroxylation sites is 1. The molecule has 2 aromatic carbocycles. The van der Waals surface area contributed by atoms with E-state index in [4.69, 9.17) is 9.84 Å². The van der Waals surface area contributed by atoms with Crippen LogP contribution in [0.5, 0.6) is 5.75 Å². The SMILES string of the molecule is COc1ccccc1CS(=O)(=O)c1ccc(C(=O)O)cc1. The van der Waals surface area contributed by atoms with Crippen LogP contribution < -0.4 is 4.74 Å². The Morgan fingerprint density at radius 1 is 1.10 bits per heavy atom. The number of aromatic carboxylic acids is 1. The van der Waals surface area contributed by atoms with E-state index in [2.05, 4.69) is 0 Å². The van der Waals surface area contributed by atoms with Crippen molar-refractivity contribution in [2.24, 2.45) is 0 Å². The fourth-order valence-corrected chi connectivity index (χ4v) is 3.28. The molecule has 0 bridgehead atoms. The summed E-state index contributed by atoms with van der Waals surface area (Å²) in [5.74, 6) is -0.796. The van der Waals surface area contributed by atoms with E-state index in [0.717, 1.165) is 0 Å². The molecule has 0 aromatic heterocycles. The van der Waals surface area contributed by atoms with E-state index < -0.39 is 15.8 Å². The highest BCUT2D eigenvalue weighted by molar-refractivity contribution is 7.90. The largest absolute Gasteiger partial charge is 0.496 e. The Morgan fingerprint density at radius 2 is 1.71 bits per heavy atom. The molecule has 0 spiro atoms. The highest BCUT2D eigenvalue weighted by atomic mass is 32.2. The summed E-state index contributed by atoms with van der Waals surface area (Å²) in [6, 6.07) is 12.0. The van der Waals surface area contributed by atoms with Crippen molar-refractivity contribution in [3.63, 3.8) is 0 Å². The minimum Gasteiger partial charge on any atom is -0.496 e. The van der Waals surface area contributed by atoms with Crippen LogP contribution in [-0.4, -0.2) is 26.6 Å². The van der Waals surface area contributed by atoms with Crippen LogP contribution >= 0.6 is 0 Å². The number of ether oxygens (including phenoxy) is 1. The highest BCUT2D eigenvalue weighted by Gasteiger charge is 2.18. The summed E-state index contributed by atoms with van der Waals surface area (Å²) in [4.78, 5) is 10.9. The molecule has 0 aliphatic rings. The van der Waals surface area contributed by atoms with Crippen LogP contribution in [0.4, 0.5) is 0 Å². The molecule has 1 N–H and O–H groups in total. The highest BCUT2D eigenvalue weighted by Crippen LogP contribution is 2.23. The molecule has 0 radical (unpaired) electrons. The van der Waals surface area contributed by atoms with Gasteiger partial charge in [0.05, 0.1) is 23.3 Å². The fraction of sp³-hybridized carbons (Fsp3) is 0.133. The zero-order chi connectivity index (χ0) is 15.5. The van der Waals surface area contributed by atoms with Crippen LogP contribution in [-0.2, 0) is 15.6 Å². The van der Waals surface area contributed by atoms with Crippen LogP contribution in [0.3, 0.4) is 0 Å². The van der Waals surface area contributed by atoms with Gasteiger partial charge < -0.3 is 9.84 Å². The van der Waals surface area contributed by atoms with Crippen LogP contribution in [0.25, 0.3) is 0 Å². The quantitative estimate of drug-likeness (QED) is 0.917. The van der Waals surface area contributed by atoms with E-state index in [0.29, 0.717) is 11.3 Å². The molecule has 0 saturated heterocycles. The first-order chi connectivity index (χ1) is 9.94. The molecule has 0 saturated carbocycles. The Morgan fingerprint density at radius 3 is 2.29 bits per heavy atom. The van der Waals surface area contributed by atoms with Gasteiger partial charge in [0.2, 0.25) is 0 Å². The summed E-state index contributed by atoms with van der Waals surface area (Å²) in [7, 11) is -2.08. The molecule has 0 atom stereocenters. The van der Waals surface area contributed by atoms with Gasteiger partial charge in [-0.25, -0.2) is 13.2 Å².